The number of hydrogen-bond donors (Lipinski definition) is 1. The van der Waals surface area contributed by atoms with Crippen molar-refractivity contribution in [3.63, 3.8) is 0 Å². The van der Waals surface area contributed by atoms with Gasteiger partial charge in [0.15, 0.2) is 5.82 Å². The lowest BCUT2D eigenvalue weighted by atomic mass is 9.98. The Hall–Kier alpha value is -2.22. The third-order valence-corrected chi connectivity index (χ3v) is 4.48. The molecule has 0 saturated carbocycles. The van der Waals surface area contributed by atoms with Crippen LogP contribution in [0.4, 0.5) is 0 Å². The highest BCUT2D eigenvalue weighted by Crippen LogP contribution is 2.32. The molecule has 0 aromatic carbocycles. The maximum Gasteiger partial charge on any atom is 0.253 e. The second-order valence-corrected chi connectivity index (χ2v) is 6.39. The van der Waals surface area contributed by atoms with Crippen molar-refractivity contribution in [2.45, 2.75) is 52.6 Å². The average Bonchev–Trinajstić information content (AvgIpc) is 3.21. The number of nitrogens with one attached hydrogen (secondary N) is 1. The SMILES string of the molecule is CCc1noc(C)c1CN1CCC(NC(C)=O)(c2nc(C)no2)C1. The highest BCUT2D eigenvalue weighted by Gasteiger charge is 2.45. The Bertz CT molecular complexity index is 738. The van der Waals surface area contributed by atoms with Crippen molar-refractivity contribution in [3.05, 3.63) is 28.7 Å². The first kappa shape index (κ1) is 16.6. The molecule has 130 valence electrons. The van der Waals surface area contributed by atoms with Gasteiger partial charge in [0.1, 0.15) is 11.3 Å². The molecule has 3 heterocycles. The Morgan fingerprint density at radius 2 is 2.12 bits per heavy atom. The quantitative estimate of drug-likeness (QED) is 0.885. The summed E-state index contributed by atoms with van der Waals surface area (Å²) in [7, 11) is 0. The molecule has 8 nitrogen and oxygen atoms in total. The fraction of sp³-hybridized carbons (Fsp3) is 0.625. The molecule has 2 aromatic heterocycles. The number of carbonyl (C=O) groups is 1. The van der Waals surface area contributed by atoms with Crippen LogP contribution in [0, 0.1) is 13.8 Å². The van der Waals surface area contributed by atoms with Crippen molar-refractivity contribution in [2.75, 3.05) is 13.1 Å². The number of likely N-dealkylation sites (tertiary alicyclic amines) is 1. The number of nitrogens with zero attached hydrogens (tertiary/aromatic N) is 4. The molecule has 1 aliphatic rings. The summed E-state index contributed by atoms with van der Waals surface area (Å²) in [5.74, 6) is 1.77. The molecule has 3 rings (SSSR count). The van der Waals surface area contributed by atoms with Gasteiger partial charge in [-0.05, 0) is 26.7 Å². The van der Waals surface area contributed by atoms with Gasteiger partial charge in [0.05, 0.1) is 5.69 Å². The number of aromatic nitrogens is 3. The first-order chi connectivity index (χ1) is 11.4. The summed E-state index contributed by atoms with van der Waals surface area (Å²) in [4.78, 5) is 18.3. The van der Waals surface area contributed by atoms with Gasteiger partial charge in [-0.25, -0.2) is 0 Å². The minimum absolute atomic E-state index is 0.108. The van der Waals surface area contributed by atoms with Crippen molar-refractivity contribution in [1.82, 2.24) is 25.5 Å². The van der Waals surface area contributed by atoms with Gasteiger partial charge in [-0.15, -0.1) is 0 Å². The van der Waals surface area contributed by atoms with Crippen LogP contribution in [0.25, 0.3) is 0 Å². The van der Waals surface area contributed by atoms with Crippen LogP contribution in [0.2, 0.25) is 0 Å². The Labute approximate surface area is 140 Å². The van der Waals surface area contributed by atoms with Crippen LogP contribution in [0.5, 0.6) is 0 Å². The van der Waals surface area contributed by atoms with E-state index in [-0.39, 0.29) is 5.91 Å². The molecule has 1 saturated heterocycles. The molecule has 2 aromatic rings. The minimum Gasteiger partial charge on any atom is -0.361 e. The zero-order valence-electron chi connectivity index (χ0n) is 14.5. The summed E-state index contributed by atoms with van der Waals surface area (Å²) in [5, 5.41) is 11.0. The standard InChI is InChI=1S/C16H23N5O3/c1-5-14-13(10(2)23-20-14)8-21-7-6-16(9-21,18-12(4)22)15-17-11(3)19-24-15/h5-9H2,1-4H3,(H,18,22). The lowest BCUT2D eigenvalue weighted by molar-refractivity contribution is -0.121. The maximum absolute atomic E-state index is 11.7. The van der Waals surface area contributed by atoms with Crippen LogP contribution >= 0.6 is 0 Å². The molecule has 0 spiro atoms. The first-order valence-corrected chi connectivity index (χ1v) is 8.19. The van der Waals surface area contributed by atoms with E-state index in [2.05, 4.69) is 32.4 Å². The first-order valence-electron chi connectivity index (χ1n) is 8.19. The van der Waals surface area contributed by atoms with Gasteiger partial charge in [0.2, 0.25) is 5.91 Å². The monoisotopic (exact) mass is 333 g/mol. The Balaban J connectivity index is 1.82. The predicted octanol–water partition coefficient (Wildman–Crippen LogP) is 1.47. The summed E-state index contributed by atoms with van der Waals surface area (Å²) in [6.07, 6.45) is 1.56. The highest BCUT2D eigenvalue weighted by atomic mass is 16.5. The molecule has 1 atom stereocenters. The van der Waals surface area contributed by atoms with Crippen molar-refractivity contribution in [3.8, 4) is 0 Å². The Kier molecular flexibility index (Phi) is 4.40. The Morgan fingerprint density at radius 1 is 1.33 bits per heavy atom. The number of hydrogen-bond acceptors (Lipinski definition) is 7. The van der Waals surface area contributed by atoms with Gasteiger partial charge in [-0.1, -0.05) is 17.2 Å². The molecular formula is C16H23N5O3. The number of carbonyl (C=O) groups excluding carboxylic acids is 1. The molecule has 1 fully saturated rings. The second kappa shape index (κ2) is 6.35. The highest BCUT2D eigenvalue weighted by molar-refractivity contribution is 5.74. The van der Waals surface area contributed by atoms with Crippen molar-refractivity contribution in [2.24, 2.45) is 0 Å². The van der Waals surface area contributed by atoms with E-state index in [9.17, 15) is 4.79 Å². The van der Waals surface area contributed by atoms with Crippen LogP contribution in [-0.4, -0.2) is 39.2 Å². The molecule has 1 N–H and O–H groups in total. The topological polar surface area (TPSA) is 97.3 Å². The van der Waals surface area contributed by atoms with Crippen molar-refractivity contribution >= 4 is 5.91 Å². The zero-order valence-corrected chi connectivity index (χ0v) is 14.5. The van der Waals surface area contributed by atoms with E-state index in [1.165, 1.54) is 6.92 Å². The van der Waals surface area contributed by atoms with E-state index in [0.717, 1.165) is 42.9 Å². The van der Waals surface area contributed by atoms with E-state index in [1.54, 1.807) is 6.92 Å². The fourth-order valence-electron chi connectivity index (χ4n) is 3.32. The third kappa shape index (κ3) is 3.06. The molecular weight excluding hydrogens is 310 g/mol. The Morgan fingerprint density at radius 3 is 2.75 bits per heavy atom. The van der Waals surface area contributed by atoms with Gasteiger partial charge in [0, 0.05) is 32.1 Å². The van der Waals surface area contributed by atoms with Gasteiger partial charge < -0.3 is 14.4 Å². The number of aryl methyl sites for hydroxylation is 3. The van der Waals surface area contributed by atoms with E-state index < -0.39 is 5.54 Å². The van der Waals surface area contributed by atoms with Crippen LogP contribution in [-0.2, 0) is 23.3 Å². The van der Waals surface area contributed by atoms with Crippen molar-refractivity contribution < 1.29 is 13.8 Å². The smallest absolute Gasteiger partial charge is 0.253 e. The van der Waals surface area contributed by atoms with Gasteiger partial charge in [-0.2, -0.15) is 4.98 Å². The van der Waals surface area contributed by atoms with Gasteiger partial charge in [0.25, 0.3) is 5.89 Å². The second-order valence-electron chi connectivity index (χ2n) is 6.39. The molecule has 1 aliphatic heterocycles. The maximum atomic E-state index is 11.7. The summed E-state index contributed by atoms with van der Waals surface area (Å²) in [6.45, 7) is 9.43. The summed E-state index contributed by atoms with van der Waals surface area (Å²) in [6, 6.07) is 0. The summed E-state index contributed by atoms with van der Waals surface area (Å²) in [5.41, 5.74) is 1.47. The van der Waals surface area contributed by atoms with Gasteiger partial charge in [-0.3, -0.25) is 9.69 Å². The molecule has 0 radical (unpaired) electrons. The normalized spacial score (nSPS) is 21.3. The van der Waals surface area contributed by atoms with Crippen LogP contribution in [0.15, 0.2) is 9.05 Å². The predicted molar refractivity (Wildman–Crippen MR) is 85.0 cm³/mol. The molecule has 1 amide bonds. The van der Waals surface area contributed by atoms with Crippen LogP contribution in [0.3, 0.4) is 0 Å². The van der Waals surface area contributed by atoms with Crippen LogP contribution in [0.1, 0.15) is 49.0 Å². The van der Waals surface area contributed by atoms with E-state index in [0.29, 0.717) is 18.3 Å². The molecule has 1 unspecified atom stereocenters. The third-order valence-electron chi connectivity index (χ3n) is 4.48. The van der Waals surface area contributed by atoms with E-state index >= 15 is 0 Å². The summed E-state index contributed by atoms with van der Waals surface area (Å²) >= 11 is 0. The largest absolute Gasteiger partial charge is 0.361 e. The molecule has 0 bridgehead atoms. The fourth-order valence-corrected chi connectivity index (χ4v) is 3.32. The molecule has 24 heavy (non-hydrogen) atoms. The van der Waals surface area contributed by atoms with E-state index in [1.807, 2.05) is 6.92 Å². The van der Waals surface area contributed by atoms with Gasteiger partial charge >= 0.3 is 0 Å². The lowest BCUT2D eigenvalue weighted by Crippen LogP contribution is -2.47. The summed E-state index contributed by atoms with van der Waals surface area (Å²) < 4.78 is 10.7. The number of amides is 1. The lowest BCUT2D eigenvalue weighted by Gasteiger charge is -2.26. The molecule has 0 aliphatic carbocycles. The van der Waals surface area contributed by atoms with Crippen molar-refractivity contribution in [1.29, 1.82) is 0 Å². The van der Waals surface area contributed by atoms with E-state index in [4.69, 9.17) is 9.05 Å². The zero-order chi connectivity index (χ0) is 17.3. The average molecular weight is 333 g/mol. The number of rotatable bonds is 5. The van der Waals surface area contributed by atoms with Crippen LogP contribution < -0.4 is 5.32 Å². The minimum atomic E-state index is -0.634. The molecule has 8 heteroatoms.